The van der Waals surface area contributed by atoms with Crippen LogP contribution in [0.1, 0.15) is 85.5 Å². The van der Waals surface area contributed by atoms with Crippen LogP contribution in [0.15, 0.2) is 24.3 Å². The van der Waals surface area contributed by atoms with Crippen LogP contribution < -0.4 is 0 Å². The van der Waals surface area contributed by atoms with Crippen LogP contribution >= 0.6 is 15.9 Å². The number of hydrogen-bond acceptors (Lipinski definition) is 13. The molecule has 0 aromatic carbocycles. The number of aliphatic hydroxyl groups excluding tert-OH is 4. The zero-order chi connectivity index (χ0) is 42.1. The molecule has 8 saturated carbocycles. The third-order valence-corrected chi connectivity index (χ3v) is 18.8. The first kappa shape index (κ1) is 41.6. The molecule has 320 valence electrons. The van der Waals surface area contributed by atoms with E-state index in [1.165, 1.54) is 12.8 Å². The second-order valence-electron chi connectivity index (χ2n) is 21.0. The fourth-order valence-electron chi connectivity index (χ4n) is 15.9. The summed E-state index contributed by atoms with van der Waals surface area (Å²) in [5.74, 6) is -8.47. The highest BCUT2D eigenvalue weighted by Gasteiger charge is 2.89. The van der Waals surface area contributed by atoms with Crippen molar-refractivity contribution >= 4 is 39.1 Å². The summed E-state index contributed by atoms with van der Waals surface area (Å²) >= 11 is 3.51. The van der Waals surface area contributed by atoms with E-state index in [-0.39, 0.29) is 41.3 Å². The summed E-state index contributed by atoms with van der Waals surface area (Å²) in [6.45, 7) is 17.7. The molecule has 5 heterocycles. The standard InChI is InChI=1S/C20H25BrO6.C20H26O6.C4H8O/c1-8-9-4-5-11-18-7-27-20(26,19(11,13(8)22)14(9)23)16(25)12(18)17(2,3)6-10(21)15(18)24;1-9-10-4-5-11-18-8-26-20(25,19(11,14(9)22)15(10)23)16(24)13(18)17(2,3)7-6-12(18)21;1-2-4-5-3-1/h9-12,14,16,23,25-26H,1,4-7H2,2-3H3;10-11,13,15-16,23-25H,1,4-8H2,2-3H3;1-4H2/t9-,10?,11-,12+,14+,16-,18-,19-,20+;10-,11-,13+,15+,16-,18+,19-,20+;/m00./s1. The molecular weight excluding hydrogens is 816 g/mol. The SMILES string of the molecule is C1CCOC1.C=C1C(=O)[C@]23[C@H](O)[C@H]1CC[C@H]2[C@@]12CO[C@]3(O)[C@@H](O)[C@@H]1C(C)(C)CC(Br)C2=O.C=C1C(=O)[C@]23[C@H](O)[C@H]1CC[C@H]2[C@@]12CO[C@]3(O)[C@@H](O)[C@@H]1C(C)(C)CCC2=O. The maximum atomic E-state index is 13.6. The van der Waals surface area contributed by atoms with E-state index in [2.05, 4.69) is 29.1 Å². The van der Waals surface area contributed by atoms with Crippen molar-refractivity contribution in [2.45, 2.75) is 126 Å². The molecule has 13 aliphatic rings. The molecule has 13 fully saturated rings. The Bertz CT molecular complexity index is 1880. The van der Waals surface area contributed by atoms with Crippen LogP contribution in [0, 0.1) is 68.0 Å². The zero-order valence-corrected chi connectivity index (χ0v) is 35.5. The van der Waals surface area contributed by atoms with Crippen LogP contribution in [0.4, 0.5) is 0 Å². The Kier molecular flexibility index (Phi) is 9.11. The van der Waals surface area contributed by atoms with Crippen molar-refractivity contribution in [2.24, 2.45) is 68.0 Å². The van der Waals surface area contributed by atoms with Crippen molar-refractivity contribution < 1.29 is 64.0 Å². The Morgan fingerprint density at radius 1 is 0.655 bits per heavy atom. The van der Waals surface area contributed by atoms with Crippen molar-refractivity contribution in [3.63, 3.8) is 0 Å². The van der Waals surface area contributed by atoms with Crippen molar-refractivity contribution in [1.29, 1.82) is 0 Å². The molecule has 0 radical (unpaired) electrons. The van der Waals surface area contributed by atoms with Gasteiger partial charge in [0.25, 0.3) is 0 Å². The second-order valence-corrected chi connectivity index (χ2v) is 22.1. The normalized spacial score (nSPS) is 54.8. The number of Topliss-reactive ketones (excluding diaryl/α,β-unsaturated/α-hetero) is 4. The fourth-order valence-corrected chi connectivity index (χ4v) is 17.1. The Balaban J connectivity index is 0.000000134. The van der Waals surface area contributed by atoms with Gasteiger partial charge in [0, 0.05) is 43.3 Å². The lowest BCUT2D eigenvalue weighted by molar-refractivity contribution is -0.437. The van der Waals surface area contributed by atoms with Crippen LogP contribution in [0.25, 0.3) is 0 Å². The number of hydrogen-bond donors (Lipinski definition) is 6. The fraction of sp³-hybridized carbons (Fsp3) is 0.818. The molecule has 5 aliphatic heterocycles. The molecular formula is C44H59BrO13. The number of ether oxygens (including phenoxy) is 3. The Morgan fingerprint density at radius 2 is 1.10 bits per heavy atom. The van der Waals surface area contributed by atoms with E-state index in [9.17, 15) is 49.8 Å². The maximum absolute atomic E-state index is 13.6. The summed E-state index contributed by atoms with van der Waals surface area (Å²) in [4.78, 5) is 53.1. The van der Waals surface area contributed by atoms with E-state index in [0.29, 0.717) is 44.9 Å². The topological polar surface area (TPSA) is 217 Å². The monoisotopic (exact) mass is 874 g/mol. The third-order valence-electron chi connectivity index (χ3n) is 18.1. The highest BCUT2D eigenvalue weighted by atomic mass is 79.9. The minimum atomic E-state index is -2.21. The molecule has 6 N–H and O–H groups in total. The third kappa shape index (κ3) is 4.35. The van der Waals surface area contributed by atoms with E-state index in [0.717, 1.165) is 13.2 Å². The minimum Gasteiger partial charge on any atom is -0.391 e. The van der Waals surface area contributed by atoms with Gasteiger partial charge in [-0.05, 0) is 85.2 Å². The van der Waals surface area contributed by atoms with Gasteiger partial charge in [-0.25, -0.2) is 0 Å². The molecule has 13 rings (SSSR count). The number of rotatable bonds is 0. The van der Waals surface area contributed by atoms with Crippen molar-refractivity contribution in [2.75, 3.05) is 26.4 Å². The van der Waals surface area contributed by atoms with Gasteiger partial charge in [-0.3, -0.25) is 19.2 Å². The lowest BCUT2D eigenvalue weighted by Crippen LogP contribution is -2.85. The molecule has 8 aliphatic carbocycles. The van der Waals surface area contributed by atoms with E-state index >= 15 is 0 Å². The molecule has 0 aromatic heterocycles. The largest absolute Gasteiger partial charge is 0.391 e. The summed E-state index contributed by atoms with van der Waals surface area (Å²) in [5, 5.41) is 68.0. The molecule has 8 bridgehead atoms. The zero-order valence-electron chi connectivity index (χ0n) is 33.9. The summed E-state index contributed by atoms with van der Waals surface area (Å²) in [6, 6.07) is 0. The number of carbonyl (C=O) groups is 4. The Labute approximate surface area is 347 Å². The molecule has 58 heavy (non-hydrogen) atoms. The Morgan fingerprint density at radius 3 is 1.57 bits per heavy atom. The molecule has 14 heteroatoms. The van der Waals surface area contributed by atoms with E-state index in [1.807, 2.05) is 27.7 Å². The number of aliphatic hydroxyl groups is 6. The summed E-state index contributed by atoms with van der Waals surface area (Å²) in [6.07, 6.45) is 0.989. The molecule has 5 saturated heterocycles. The number of ketones is 4. The summed E-state index contributed by atoms with van der Waals surface area (Å²) in [5.41, 5.74) is -5.86. The van der Waals surface area contributed by atoms with Gasteiger partial charge in [-0.15, -0.1) is 0 Å². The summed E-state index contributed by atoms with van der Waals surface area (Å²) in [7, 11) is 0. The predicted molar refractivity (Wildman–Crippen MR) is 207 cm³/mol. The van der Waals surface area contributed by atoms with Gasteiger partial charge in [0.15, 0.2) is 17.3 Å². The minimum absolute atomic E-state index is 0.00293. The molecule has 0 aromatic rings. The number of carbonyl (C=O) groups excluding carboxylic acids is 4. The number of fused-ring (bicyclic) bond motifs is 4. The van der Waals surface area contributed by atoms with Crippen LogP contribution in [0.2, 0.25) is 0 Å². The predicted octanol–water partition coefficient (Wildman–Crippen LogP) is 2.34. The summed E-state index contributed by atoms with van der Waals surface area (Å²) < 4.78 is 16.5. The van der Waals surface area contributed by atoms with Crippen LogP contribution in [-0.4, -0.2) is 121 Å². The van der Waals surface area contributed by atoms with Gasteiger partial charge in [-0.2, -0.15) is 0 Å². The van der Waals surface area contributed by atoms with Crippen LogP contribution in [-0.2, 0) is 33.4 Å². The average molecular weight is 876 g/mol. The number of halogens is 1. The van der Waals surface area contributed by atoms with Gasteiger partial charge < -0.3 is 44.8 Å². The smallest absolute Gasteiger partial charge is 0.208 e. The second kappa shape index (κ2) is 12.7. The van der Waals surface area contributed by atoms with E-state index < -0.39 is 115 Å². The first-order valence-corrected chi connectivity index (χ1v) is 22.2. The first-order valence-electron chi connectivity index (χ1n) is 21.3. The lowest BCUT2D eigenvalue weighted by Gasteiger charge is -2.73. The van der Waals surface area contributed by atoms with Crippen LogP contribution in [0.5, 0.6) is 0 Å². The molecule has 17 atom stereocenters. The molecule has 4 spiro atoms. The first-order chi connectivity index (χ1) is 27.0. The highest BCUT2D eigenvalue weighted by Crippen LogP contribution is 2.77. The number of alkyl halides is 1. The van der Waals surface area contributed by atoms with Gasteiger partial charge >= 0.3 is 0 Å². The van der Waals surface area contributed by atoms with Gasteiger partial charge in [0.1, 0.15) is 28.8 Å². The molecule has 0 amide bonds. The Hall–Kier alpha value is -1.72. The quantitative estimate of drug-likeness (QED) is 0.152. The van der Waals surface area contributed by atoms with Crippen molar-refractivity contribution in [3.05, 3.63) is 24.3 Å². The van der Waals surface area contributed by atoms with Gasteiger partial charge in [0.2, 0.25) is 11.6 Å². The van der Waals surface area contributed by atoms with Crippen LogP contribution in [0.3, 0.4) is 0 Å². The molecule has 13 nitrogen and oxygen atoms in total. The average Bonchev–Trinajstić information content (AvgIpc) is 3.81. The van der Waals surface area contributed by atoms with E-state index in [1.54, 1.807) is 0 Å². The van der Waals surface area contributed by atoms with E-state index in [4.69, 9.17) is 14.2 Å². The van der Waals surface area contributed by atoms with Crippen molar-refractivity contribution in [3.8, 4) is 0 Å². The van der Waals surface area contributed by atoms with Crippen molar-refractivity contribution in [1.82, 2.24) is 0 Å². The van der Waals surface area contributed by atoms with Gasteiger partial charge in [-0.1, -0.05) is 56.8 Å². The lowest BCUT2D eigenvalue weighted by atomic mass is 9.36. The maximum Gasteiger partial charge on any atom is 0.208 e. The van der Waals surface area contributed by atoms with Gasteiger partial charge in [0.05, 0.1) is 41.1 Å². The highest BCUT2D eigenvalue weighted by molar-refractivity contribution is 9.10. The molecule has 1 unspecified atom stereocenters.